The van der Waals surface area contributed by atoms with Gasteiger partial charge in [-0.05, 0) is 18.2 Å². The van der Waals surface area contributed by atoms with Crippen LogP contribution < -0.4 is 17.3 Å². The van der Waals surface area contributed by atoms with Gasteiger partial charge in [0.1, 0.15) is 5.52 Å². The standard InChI is InChI=1S/C16H12F3N5O2.ClH/c17-16(18,19)9-4-2-1-3-7(9)13(25)8-5-6-10-12(11(8)14(20)26)23-15(21)24(10)22;/h1-6H,22H2,(H2,20,26)(H2,21,23);1H. The van der Waals surface area contributed by atoms with Gasteiger partial charge in [-0.1, -0.05) is 18.2 Å². The summed E-state index contributed by atoms with van der Waals surface area (Å²) in [5.74, 6) is 3.46. The molecular weight excluding hydrogens is 387 g/mol. The highest BCUT2D eigenvalue weighted by Gasteiger charge is 2.36. The number of anilines is 1. The number of amides is 1. The predicted octanol–water partition coefficient (Wildman–Crippen LogP) is 2.10. The molecule has 0 saturated carbocycles. The van der Waals surface area contributed by atoms with Gasteiger partial charge < -0.3 is 17.3 Å². The highest BCUT2D eigenvalue weighted by molar-refractivity contribution is 6.19. The maximum atomic E-state index is 13.2. The van der Waals surface area contributed by atoms with Crippen molar-refractivity contribution in [3.05, 3.63) is 58.7 Å². The van der Waals surface area contributed by atoms with E-state index in [9.17, 15) is 22.8 Å². The van der Waals surface area contributed by atoms with Crippen LogP contribution in [-0.2, 0) is 6.18 Å². The molecule has 0 saturated heterocycles. The number of alkyl halides is 3. The van der Waals surface area contributed by atoms with Gasteiger partial charge in [-0.3, -0.25) is 9.59 Å². The molecule has 1 heterocycles. The average Bonchev–Trinajstić information content (AvgIpc) is 2.87. The SMILES string of the molecule is Cl.NC(=O)c1c(C(=O)c2ccccc2C(F)(F)F)ccc2c1nc(N)n2N. The van der Waals surface area contributed by atoms with Gasteiger partial charge in [0.25, 0.3) is 5.91 Å². The summed E-state index contributed by atoms with van der Waals surface area (Å²) >= 11 is 0. The van der Waals surface area contributed by atoms with Gasteiger partial charge in [0.2, 0.25) is 5.95 Å². The molecule has 7 nitrogen and oxygen atoms in total. The Labute approximate surface area is 156 Å². The van der Waals surface area contributed by atoms with Crippen LogP contribution in [0.4, 0.5) is 19.1 Å². The fraction of sp³-hybridized carbons (Fsp3) is 0.0625. The van der Waals surface area contributed by atoms with Crippen molar-refractivity contribution < 1.29 is 22.8 Å². The Hall–Kier alpha value is -3.27. The van der Waals surface area contributed by atoms with E-state index in [1.54, 1.807) is 0 Å². The van der Waals surface area contributed by atoms with E-state index in [0.717, 1.165) is 22.9 Å². The molecule has 1 amide bonds. The van der Waals surface area contributed by atoms with E-state index in [1.165, 1.54) is 18.2 Å². The molecule has 6 N–H and O–H groups in total. The van der Waals surface area contributed by atoms with Gasteiger partial charge in [-0.2, -0.15) is 13.2 Å². The number of ketones is 1. The molecule has 3 aromatic rings. The Bertz CT molecular complexity index is 1060. The Kier molecular flexibility index (Phi) is 5.05. The second-order valence-electron chi connectivity index (χ2n) is 5.43. The molecule has 3 rings (SSSR count). The minimum Gasteiger partial charge on any atom is -0.368 e. The number of carbonyl (C=O) groups is 2. The molecule has 0 spiro atoms. The number of primary amides is 1. The summed E-state index contributed by atoms with van der Waals surface area (Å²) in [5, 5.41) is 0. The summed E-state index contributed by atoms with van der Waals surface area (Å²) in [5.41, 5.74) is 8.66. The molecular formula is C16H13ClF3N5O2. The second-order valence-corrected chi connectivity index (χ2v) is 5.43. The van der Waals surface area contributed by atoms with Gasteiger partial charge in [-0.15, -0.1) is 12.4 Å². The fourth-order valence-electron chi connectivity index (χ4n) is 2.69. The van der Waals surface area contributed by atoms with E-state index in [4.69, 9.17) is 17.3 Å². The van der Waals surface area contributed by atoms with E-state index < -0.39 is 29.0 Å². The first-order valence-corrected chi connectivity index (χ1v) is 7.19. The number of halogens is 4. The smallest absolute Gasteiger partial charge is 0.368 e. The molecule has 11 heteroatoms. The van der Waals surface area contributed by atoms with Crippen molar-refractivity contribution >= 4 is 41.1 Å². The lowest BCUT2D eigenvalue weighted by atomic mass is 9.93. The second kappa shape index (κ2) is 6.80. The van der Waals surface area contributed by atoms with E-state index in [0.29, 0.717) is 0 Å². The minimum atomic E-state index is -4.74. The Morgan fingerprint density at radius 3 is 2.26 bits per heavy atom. The molecule has 0 fully saturated rings. The van der Waals surface area contributed by atoms with Crippen LogP contribution in [0.3, 0.4) is 0 Å². The number of hydrogen-bond acceptors (Lipinski definition) is 5. The molecule has 0 radical (unpaired) electrons. The van der Waals surface area contributed by atoms with Crippen LogP contribution in [-0.4, -0.2) is 21.4 Å². The molecule has 2 aromatic carbocycles. The molecule has 1 aromatic heterocycles. The molecule has 0 bridgehead atoms. The van der Waals surface area contributed by atoms with Gasteiger partial charge in [0, 0.05) is 11.1 Å². The molecule has 0 atom stereocenters. The highest BCUT2D eigenvalue weighted by Crippen LogP contribution is 2.34. The van der Waals surface area contributed by atoms with Crippen LogP contribution in [0, 0.1) is 0 Å². The van der Waals surface area contributed by atoms with Crippen LogP contribution in [0.2, 0.25) is 0 Å². The number of nitrogen functional groups attached to an aromatic ring is 2. The number of carbonyl (C=O) groups excluding carboxylic acids is 2. The number of hydrogen-bond donors (Lipinski definition) is 3. The summed E-state index contributed by atoms with van der Waals surface area (Å²) < 4.78 is 40.6. The summed E-state index contributed by atoms with van der Waals surface area (Å²) in [6, 6.07) is 6.75. The van der Waals surface area contributed by atoms with E-state index in [1.807, 2.05) is 0 Å². The van der Waals surface area contributed by atoms with Crippen molar-refractivity contribution in [1.82, 2.24) is 9.66 Å². The zero-order valence-corrected chi connectivity index (χ0v) is 14.3. The third kappa shape index (κ3) is 3.26. The largest absolute Gasteiger partial charge is 0.417 e. The average molecular weight is 400 g/mol. The van der Waals surface area contributed by atoms with Gasteiger partial charge in [-0.25, -0.2) is 9.66 Å². The number of imidazole rings is 1. The van der Waals surface area contributed by atoms with Crippen LogP contribution in [0.5, 0.6) is 0 Å². The van der Waals surface area contributed by atoms with Crippen molar-refractivity contribution in [2.45, 2.75) is 6.18 Å². The van der Waals surface area contributed by atoms with Gasteiger partial charge in [0.15, 0.2) is 5.78 Å². The third-order valence-electron chi connectivity index (χ3n) is 3.86. The van der Waals surface area contributed by atoms with E-state index >= 15 is 0 Å². The van der Waals surface area contributed by atoms with Crippen LogP contribution in [0.25, 0.3) is 11.0 Å². The lowest BCUT2D eigenvalue weighted by Crippen LogP contribution is -2.20. The van der Waals surface area contributed by atoms with Crippen molar-refractivity contribution in [3.8, 4) is 0 Å². The van der Waals surface area contributed by atoms with E-state index in [2.05, 4.69) is 4.98 Å². The Morgan fingerprint density at radius 2 is 1.67 bits per heavy atom. The molecule has 0 aliphatic heterocycles. The topological polar surface area (TPSA) is 130 Å². The summed E-state index contributed by atoms with van der Waals surface area (Å²) in [6.07, 6.45) is -4.74. The number of fused-ring (bicyclic) bond motifs is 1. The molecule has 27 heavy (non-hydrogen) atoms. The summed E-state index contributed by atoms with van der Waals surface area (Å²) in [7, 11) is 0. The number of nitrogens with zero attached hydrogens (tertiary/aromatic N) is 2. The first-order chi connectivity index (χ1) is 12.1. The van der Waals surface area contributed by atoms with Crippen LogP contribution in [0.15, 0.2) is 36.4 Å². The maximum absolute atomic E-state index is 13.2. The fourth-order valence-corrected chi connectivity index (χ4v) is 2.69. The van der Waals surface area contributed by atoms with Crippen molar-refractivity contribution in [1.29, 1.82) is 0 Å². The number of rotatable bonds is 3. The van der Waals surface area contributed by atoms with E-state index in [-0.39, 0.29) is 40.5 Å². The highest BCUT2D eigenvalue weighted by atomic mass is 35.5. The third-order valence-corrected chi connectivity index (χ3v) is 3.86. The van der Waals surface area contributed by atoms with Crippen molar-refractivity contribution in [2.24, 2.45) is 5.73 Å². The van der Waals surface area contributed by atoms with Gasteiger partial charge >= 0.3 is 6.18 Å². The number of benzene rings is 2. The molecule has 0 unspecified atom stereocenters. The van der Waals surface area contributed by atoms with Gasteiger partial charge in [0.05, 0.1) is 16.6 Å². The monoisotopic (exact) mass is 399 g/mol. The zero-order valence-electron chi connectivity index (χ0n) is 13.4. The Balaban J connectivity index is 0.00000261. The maximum Gasteiger partial charge on any atom is 0.417 e. The lowest BCUT2D eigenvalue weighted by molar-refractivity contribution is -0.137. The number of nitrogens with two attached hydrogens (primary N) is 3. The summed E-state index contributed by atoms with van der Waals surface area (Å²) in [6.45, 7) is 0. The normalized spacial score (nSPS) is 11.2. The van der Waals surface area contributed by atoms with Crippen LogP contribution in [0.1, 0.15) is 31.8 Å². The molecule has 0 aliphatic rings. The molecule has 0 aliphatic carbocycles. The molecule has 142 valence electrons. The first-order valence-electron chi connectivity index (χ1n) is 7.19. The zero-order chi connectivity index (χ0) is 19.2. The van der Waals surface area contributed by atoms with Crippen molar-refractivity contribution in [3.63, 3.8) is 0 Å². The predicted molar refractivity (Wildman–Crippen MR) is 94.9 cm³/mol. The quantitative estimate of drug-likeness (QED) is 0.458. The van der Waals surface area contributed by atoms with Crippen LogP contribution >= 0.6 is 12.4 Å². The van der Waals surface area contributed by atoms with Crippen molar-refractivity contribution in [2.75, 3.05) is 11.6 Å². The summed E-state index contributed by atoms with van der Waals surface area (Å²) in [4.78, 5) is 28.5. The number of aromatic nitrogens is 2. The minimum absolute atomic E-state index is 0. The lowest BCUT2D eigenvalue weighted by Gasteiger charge is -2.13. The first kappa shape index (κ1) is 20.0. The Morgan fingerprint density at radius 1 is 1.04 bits per heavy atom.